The fourth-order valence-electron chi connectivity index (χ4n) is 3.31. The number of fused-ring (bicyclic) bond motifs is 1. The van der Waals surface area contributed by atoms with Crippen LogP contribution in [0.2, 0.25) is 0 Å². The summed E-state index contributed by atoms with van der Waals surface area (Å²) in [4.78, 5) is 0. The normalized spacial score (nSPS) is 32.7. The third-order valence-corrected chi connectivity index (χ3v) is 4.52. The van der Waals surface area contributed by atoms with E-state index in [1.54, 1.807) is 0 Å². The lowest BCUT2D eigenvalue weighted by molar-refractivity contribution is 0.0500. The fraction of sp³-hybridized carbons (Fsp3) is 0.538. The first-order valence-electron chi connectivity index (χ1n) is 5.53. The molecule has 0 unspecified atom stereocenters. The van der Waals surface area contributed by atoms with E-state index in [9.17, 15) is 0 Å². The molecule has 1 nitrogen and oxygen atoms in total. The second-order valence-corrected chi connectivity index (χ2v) is 5.17. The van der Waals surface area contributed by atoms with Gasteiger partial charge in [-0.05, 0) is 42.7 Å². The maximum atomic E-state index is 6.53. The average Bonchev–Trinajstić information content (AvgIpc) is 2.35. The van der Waals surface area contributed by atoms with Gasteiger partial charge in [0.25, 0.3) is 0 Å². The topological polar surface area (TPSA) is 26.0 Å². The van der Waals surface area contributed by atoms with Gasteiger partial charge < -0.3 is 5.73 Å². The third-order valence-electron chi connectivity index (χ3n) is 4.52. The van der Waals surface area contributed by atoms with Crippen LogP contribution >= 0.6 is 0 Å². The minimum Gasteiger partial charge on any atom is -0.321 e. The van der Waals surface area contributed by atoms with E-state index in [0.29, 0.717) is 5.41 Å². The number of nitrogens with two attached hydrogens (primary N) is 1. The molecule has 1 fully saturated rings. The molecule has 0 bridgehead atoms. The molecule has 1 spiro atoms. The smallest absolute Gasteiger partial charge is 0.0444 e. The maximum Gasteiger partial charge on any atom is 0.0444 e. The lowest BCUT2D eigenvalue weighted by Gasteiger charge is -2.49. The van der Waals surface area contributed by atoms with Crippen LogP contribution in [-0.4, -0.2) is 0 Å². The zero-order valence-corrected chi connectivity index (χ0v) is 8.72. The van der Waals surface area contributed by atoms with Crippen molar-refractivity contribution in [3.05, 3.63) is 35.4 Å². The lowest BCUT2D eigenvalue weighted by atomic mass is 9.58. The summed E-state index contributed by atoms with van der Waals surface area (Å²) in [7, 11) is 0. The molecule has 0 aromatic heterocycles. The van der Waals surface area contributed by atoms with E-state index in [1.807, 2.05) is 0 Å². The Morgan fingerprint density at radius 2 is 1.93 bits per heavy atom. The molecule has 0 heterocycles. The molecule has 74 valence electrons. The minimum absolute atomic E-state index is 0.0815. The molecule has 1 saturated carbocycles. The number of hydrogen-bond donors (Lipinski definition) is 1. The summed E-state index contributed by atoms with van der Waals surface area (Å²) in [6.45, 7) is 2.22. The van der Waals surface area contributed by atoms with Gasteiger partial charge in [-0.1, -0.05) is 30.7 Å². The van der Waals surface area contributed by atoms with E-state index < -0.39 is 0 Å². The van der Waals surface area contributed by atoms with Crippen LogP contribution in [0.25, 0.3) is 0 Å². The monoisotopic (exact) mass is 187 g/mol. The second-order valence-electron chi connectivity index (χ2n) is 5.17. The van der Waals surface area contributed by atoms with Crippen LogP contribution in [0, 0.1) is 5.41 Å². The molecule has 2 aliphatic carbocycles. The summed E-state index contributed by atoms with van der Waals surface area (Å²) < 4.78 is 0. The van der Waals surface area contributed by atoms with Gasteiger partial charge in [-0.2, -0.15) is 0 Å². The van der Waals surface area contributed by atoms with Crippen LogP contribution in [0.4, 0.5) is 0 Å². The first kappa shape index (κ1) is 8.49. The summed E-state index contributed by atoms with van der Waals surface area (Å²) in [5.74, 6) is 0. The molecule has 1 heteroatoms. The van der Waals surface area contributed by atoms with Gasteiger partial charge in [0.05, 0.1) is 0 Å². The first-order chi connectivity index (χ1) is 6.66. The van der Waals surface area contributed by atoms with Crippen LogP contribution in [0.5, 0.6) is 0 Å². The SMILES string of the molecule is C[C@]1(N)c2ccccc2CC12CCC2. The van der Waals surface area contributed by atoms with E-state index in [0.717, 1.165) is 0 Å². The van der Waals surface area contributed by atoms with Gasteiger partial charge in [0.2, 0.25) is 0 Å². The minimum atomic E-state index is -0.0815. The molecule has 2 aliphatic rings. The number of hydrogen-bond acceptors (Lipinski definition) is 1. The van der Waals surface area contributed by atoms with Gasteiger partial charge in [0.15, 0.2) is 0 Å². The summed E-state index contributed by atoms with van der Waals surface area (Å²) in [5.41, 5.74) is 9.72. The molecule has 2 N–H and O–H groups in total. The zero-order valence-electron chi connectivity index (χ0n) is 8.72. The largest absolute Gasteiger partial charge is 0.321 e. The van der Waals surface area contributed by atoms with E-state index in [4.69, 9.17) is 5.73 Å². The third kappa shape index (κ3) is 0.795. The Morgan fingerprint density at radius 1 is 1.21 bits per heavy atom. The molecule has 14 heavy (non-hydrogen) atoms. The zero-order chi connectivity index (χ0) is 9.81. The van der Waals surface area contributed by atoms with Crippen molar-refractivity contribution in [1.29, 1.82) is 0 Å². The molecule has 3 rings (SSSR count). The van der Waals surface area contributed by atoms with Crippen molar-refractivity contribution in [3.8, 4) is 0 Å². The fourth-order valence-corrected chi connectivity index (χ4v) is 3.31. The maximum absolute atomic E-state index is 6.53. The van der Waals surface area contributed by atoms with Gasteiger partial charge in [-0.3, -0.25) is 0 Å². The van der Waals surface area contributed by atoms with Crippen molar-refractivity contribution in [1.82, 2.24) is 0 Å². The molecule has 0 saturated heterocycles. The molecule has 1 aromatic rings. The van der Waals surface area contributed by atoms with Crippen LogP contribution in [0.15, 0.2) is 24.3 Å². The lowest BCUT2D eigenvalue weighted by Crippen LogP contribution is -2.51. The van der Waals surface area contributed by atoms with Crippen molar-refractivity contribution < 1.29 is 0 Å². The van der Waals surface area contributed by atoms with E-state index in [1.165, 1.54) is 36.8 Å². The van der Waals surface area contributed by atoms with Crippen molar-refractivity contribution >= 4 is 0 Å². The summed E-state index contributed by atoms with van der Waals surface area (Å²) in [6.07, 6.45) is 5.19. The van der Waals surface area contributed by atoms with Crippen LogP contribution in [0.1, 0.15) is 37.3 Å². The molecule has 0 amide bonds. The van der Waals surface area contributed by atoms with Crippen molar-refractivity contribution in [3.63, 3.8) is 0 Å². The van der Waals surface area contributed by atoms with Gasteiger partial charge in [0.1, 0.15) is 0 Å². The highest BCUT2D eigenvalue weighted by Crippen LogP contribution is 2.59. The number of benzene rings is 1. The molecule has 0 radical (unpaired) electrons. The van der Waals surface area contributed by atoms with Gasteiger partial charge >= 0.3 is 0 Å². The average molecular weight is 187 g/mol. The quantitative estimate of drug-likeness (QED) is 0.663. The Labute approximate surface area is 85.3 Å². The predicted octanol–water partition coefficient (Wildman–Crippen LogP) is 2.59. The Balaban J connectivity index is 2.15. The highest BCUT2D eigenvalue weighted by molar-refractivity contribution is 5.42. The Kier molecular flexibility index (Phi) is 1.46. The van der Waals surface area contributed by atoms with Gasteiger partial charge in [0, 0.05) is 5.54 Å². The number of rotatable bonds is 0. The molecule has 0 aliphatic heterocycles. The molecular weight excluding hydrogens is 170 g/mol. The van der Waals surface area contributed by atoms with Crippen molar-refractivity contribution in [2.45, 2.75) is 38.1 Å². The second kappa shape index (κ2) is 2.40. The van der Waals surface area contributed by atoms with Crippen LogP contribution in [0.3, 0.4) is 0 Å². The van der Waals surface area contributed by atoms with Crippen LogP contribution < -0.4 is 5.73 Å². The molecule has 1 atom stereocenters. The summed E-state index contributed by atoms with van der Waals surface area (Å²) >= 11 is 0. The van der Waals surface area contributed by atoms with E-state index in [-0.39, 0.29) is 5.54 Å². The van der Waals surface area contributed by atoms with Crippen LogP contribution in [-0.2, 0) is 12.0 Å². The van der Waals surface area contributed by atoms with Gasteiger partial charge in [-0.25, -0.2) is 0 Å². The Morgan fingerprint density at radius 3 is 2.50 bits per heavy atom. The highest BCUT2D eigenvalue weighted by atomic mass is 14.8. The van der Waals surface area contributed by atoms with E-state index in [2.05, 4.69) is 31.2 Å². The summed E-state index contributed by atoms with van der Waals surface area (Å²) in [6, 6.07) is 8.70. The Hall–Kier alpha value is -0.820. The Bertz CT molecular complexity index is 375. The highest BCUT2D eigenvalue weighted by Gasteiger charge is 2.55. The molecule has 1 aromatic carbocycles. The standard InChI is InChI=1S/C13H17N/c1-12(14)11-6-3-2-5-10(11)9-13(12)7-4-8-13/h2-3,5-6H,4,7-9,14H2,1H3/t12-/m0/s1. The first-order valence-corrected chi connectivity index (χ1v) is 5.53. The molecular formula is C13H17N. The van der Waals surface area contributed by atoms with Crippen molar-refractivity contribution in [2.24, 2.45) is 11.1 Å². The van der Waals surface area contributed by atoms with Gasteiger partial charge in [-0.15, -0.1) is 0 Å². The predicted molar refractivity (Wildman–Crippen MR) is 58.0 cm³/mol. The van der Waals surface area contributed by atoms with E-state index >= 15 is 0 Å². The summed E-state index contributed by atoms with van der Waals surface area (Å²) in [5, 5.41) is 0. The van der Waals surface area contributed by atoms with Crippen molar-refractivity contribution in [2.75, 3.05) is 0 Å².